The smallest absolute Gasteiger partial charge is 0.232 e. The first-order valence-corrected chi connectivity index (χ1v) is 14.1. The van der Waals surface area contributed by atoms with Crippen LogP contribution in [0.15, 0.2) is 30.3 Å². The molecule has 0 bridgehead atoms. The van der Waals surface area contributed by atoms with Gasteiger partial charge in [0.2, 0.25) is 5.95 Å². The molecular weight excluding hydrogens is 471 g/mol. The molecule has 3 fully saturated rings. The lowest BCUT2D eigenvalue weighted by Crippen LogP contribution is -2.41. The standard InChI is InChI=1S/C28H39FN6S/c1-21-8-7-17-35(19-21)25-18-24(34-15-5-2-6-16-34)31-26(32-25)33-27(36)30-20-28(13-3-4-14-28)22-9-11-23(29)12-10-22/h9-12,18,21H,2-8,13-17,19-20H2,1H3,(H2,30,31,32,33,36)/t21-/m1/s1. The second-order valence-electron chi connectivity index (χ2n) is 11.0. The fourth-order valence-corrected chi connectivity index (χ4v) is 6.30. The Balaban J connectivity index is 1.31. The van der Waals surface area contributed by atoms with Crippen LogP contribution in [0.4, 0.5) is 22.0 Å². The number of aromatic nitrogens is 2. The molecule has 8 heteroatoms. The number of benzene rings is 1. The first kappa shape index (κ1) is 25.2. The lowest BCUT2D eigenvalue weighted by molar-refractivity contribution is 0.434. The molecule has 194 valence electrons. The third-order valence-corrected chi connectivity index (χ3v) is 8.44. The minimum absolute atomic E-state index is 0.0228. The highest BCUT2D eigenvalue weighted by atomic mass is 32.1. The van der Waals surface area contributed by atoms with Crippen LogP contribution in [-0.2, 0) is 5.41 Å². The summed E-state index contributed by atoms with van der Waals surface area (Å²) in [6.45, 7) is 7.16. The van der Waals surface area contributed by atoms with E-state index in [2.05, 4.69) is 33.4 Å². The molecule has 36 heavy (non-hydrogen) atoms. The Morgan fingerprint density at radius 1 is 0.972 bits per heavy atom. The van der Waals surface area contributed by atoms with Crippen LogP contribution in [0.5, 0.6) is 0 Å². The molecule has 6 nitrogen and oxygen atoms in total. The number of nitrogens with zero attached hydrogens (tertiary/aromatic N) is 4. The van der Waals surface area contributed by atoms with Gasteiger partial charge in [-0.25, -0.2) is 4.39 Å². The second-order valence-corrected chi connectivity index (χ2v) is 11.4. The largest absolute Gasteiger partial charge is 0.361 e. The van der Waals surface area contributed by atoms with Gasteiger partial charge in [0.1, 0.15) is 17.5 Å². The van der Waals surface area contributed by atoms with Crippen molar-refractivity contribution in [2.24, 2.45) is 5.92 Å². The van der Waals surface area contributed by atoms with Crippen LogP contribution in [0, 0.1) is 11.7 Å². The number of halogens is 1. The van der Waals surface area contributed by atoms with Crippen LogP contribution < -0.4 is 20.4 Å². The molecule has 1 atom stereocenters. The summed E-state index contributed by atoms with van der Waals surface area (Å²) in [4.78, 5) is 14.6. The van der Waals surface area contributed by atoms with Crippen molar-refractivity contribution in [3.8, 4) is 0 Å². The van der Waals surface area contributed by atoms with Gasteiger partial charge in [-0.3, -0.25) is 0 Å². The number of hydrogen-bond donors (Lipinski definition) is 2. The Hall–Kier alpha value is -2.48. The van der Waals surface area contributed by atoms with Crippen LogP contribution >= 0.6 is 12.2 Å². The fraction of sp³-hybridized carbons (Fsp3) is 0.607. The van der Waals surface area contributed by atoms with Gasteiger partial charge >= 0.3 is 0 Å². The third-order valence-electron chi connectivity index (χ3n) is 8.19. The molecule has 2 N–H and O–H groups in total. The molecule has 2 aliphatic heterocycles. The zero-order valence-electron chi connectivity index (χ0n) is 21.4. The van der Waals surface area contributed by atoms with Crippen molar-refractivity contribution in [2.45, 2.75) is 70.1 Å². The van der Waals surface area contributed by atoms with Crippen LogP contribution in [0.3, 0.4) is 0 Å². The van der Waals surface area contributed by atoms with Crippen molar-refractivity contribution in [3.05, 3.63) is 41.7 Å². The van der Waals surface area contributed by atoms with Crippen molar-refractivity contribution in [2.75, 3.05) is 47.8 Å². The van der Waals surface area contributed by atoms with E-state index in [0.29, 0.717) is 23.5 Å². The van der Waals surface area contributed by atoms with Gasteiger partial charge in [0.05, 0.1) is 0 Å². The number of hydrogen-bond acceptors (Lipinski definition) is 5. The van der Waals surface area contributed by atoms with Gasteiger partial charge in [-0.2, -0.15) is 9.97 Å². The van der Waals surface area contributed by atoms with Gasteiger partial charge in [0.15, 0.2) is 5.11 Å². The van der Waals surface area contributed by atoms with Gasteiger partial charge in [-0.1, -0.05) is 31.9 Å². The minimum atomic E-state index is -0.193. The van der Waals surface area contributed by atoms with Crippen molar-refractivity contribution < 1.29 is 4.39 Å². The molecule has 2 aromatic rings. The van der Waals surface area contributed by atoms with E-state index in [-0.39, 0.29) is 11.2 Å². The van der Waals surface area contributed by atoms with E-state index in [0.717, 1.165) is 50.7 Å². The lowest BCUT2D eigenvalue weighted by atomic mass is 9.79. The van der Waals surface area contributed by atoms with E-state index in [4.69, 9.17) is 22.2 Å². The molecule has 1 saturated carbocycles. The number of thiocarbonyl (C=S) groups is 1. The topological polar surface area (TPSA) is 56.3 Å². The van der Waals surface area contributed by atoms with Crippen molar-refractivity contribution in [1.29, 1.82) is 0 Å². The van der Waals surface area contributed by atoms with Gasteiger partial charge in [0, 0.05) is 44.2 Å². The van der Waals surface area contributed by atoms with E-state index >= 15 is 0 Å². The molecule has 3 heterocycles. The third kappa shape index (κ3) is 5.90. The monoisotopic (exact) mass is 510 g/mol. The molecule has 1 aromatic carbocycles. The lowest BCUT2D eigenvalue weighted by Gasteiger charge is -2.34. The van der Waals surface area contributed by atoms with E-state index in [1.54, 1.807) is 12.1 Å². The molecule has 1 aliphatic carbocycles. The normalized spacial score (nSPS) is 21.9. The average Bonchev–Trinajstić information content (AvgIpc) is 3.38. The van der Waals surface area contributed by atoms with E-state index in [1.807, 2.05) is 12.1 Å². The van der Waals surface area contributed by atoms with E-state index < -0.39 is 0 Å². The average molecular weight is 511 g/mol. The number of anilines is 3. The molecular formula is C28H39FN6S. The maximum Gasteiger partial charge on any atom is 0.232 e. The molecule has 2 saturated heterocycles. The number of nitrogens with one attached hydrogen (secondary N) is 2. The van der Waals surface area contributed by atoms with Crippen LogP contribution in [0.2, 0.25) is 0 Å². The zero-order valence-corrected chi connectivity index (χ0v) is 22.3. The Labute approximate surface area is 220 Å². The Morgan fingerprint density at radius 3 is 2.33 bits per heavy atom. The summed E-state index contributed by atoms with van der Waals surface area (Å²) >= 11 is 5.72. The Kier molecular flexibility index (Phi) is 7.89. The molecule has 0 radical (unpaired) electrons. The number of rotatable bonds is 6. The van der Waals surface area contributed by atoms with E-state index in [1.165, 1.54) is 50.5 Å². The molecule has 5 rings (SSSR count). The predicted molar refractivity (Wildman–Crippen MR) is 149 cm³/mol. The zero-order chi connectivity index (χ0) is 25.0. The summed E-state index contributed by atoms with van der Waals surface area (Å²) < 4.78 is 13.5. The molecule has 3 aliphatic rings. The maximum atomic E-state index is 13.5. The summed E-state index contributed by atoms with van der Waals surface area (Å²) in [7, 11) is 0. The van der Waals surface area contributed by atoms with Gasteiger partial charge in [-0.15, -0.1) is 0 Å². The highest BCUT2D eigenvalue weighted by Gasteiger charge is 2.35. The first-order valence-electron chi connectivity index (χ1n) is 13.7. The maximum absolute atomic E-state index is 13.5. The molecule has 0 spiro atoms. The van der Waals surface area contributed by atoms with Crippen molar-refractivity contribution in [1.82, 2.24) is 15.3 Å². The fourth-order valence-electron chi connectivity index (χ4n) is 6.14. The first-order chi connectivity index (χ1) is 17.5. The molecule has 0 amide bonds. The van der Waals surface area contributed by atoms with E-state index in [9.17, 15) is 4.39 Å². The summed E-state index contributed by atoms with van der Waals surface area (Å²) in [5.74, 6) is 3.01. The Bertz CT molecular complexity index is 1030. The van der Waals surface area contributed by atoms with Crippen LogP contribution in [0.1, 0.15) is 70.3 Å². The van der Waals surface area contributed by atoms with Crippen molar-refractivity contribution in [3.63, 3.8) is 0 Å². The quantitative estimate of drug-likeness (QED) is 0.488. The molecule has 0 unspecified atom stereocenters. The van der Waals surface area contributed by atoms with Gasteiger partial charge < -0.3 is 20.4 Å². The molecule has 1 aromatic heterocycles. The second kappa shape index (κ2) is 11.3. The highest BCUT2D eigenvalue weighted by molar-refractivity contribution is 7.80. The predicted octanol–water partition coefficient (Wildman–Crippen LogP) is 5.64. The Morgan fingerprint density at radius 2 is 1.64 bits per heavy atom. The summed E-state index contributed by atoms with van der Waals surface area (Å²) in [5, 5.41) is 7.29. The summed E-state index contributed by atoms with van der Waals surface area (Å²) in [6, 6.07) is 9.14. The van der Waals surface area contributed by atoms with Crippen molar-refractivity contribution >= 4 is 34.9 Å². The van der Waals surface area contributed by atoms with Gasteiger partial charge in [-0.05, 0) is 80.8 Å². The summed E-state index contributed by atoms with van der Waals surface area (Å²) in [6.07, 6.45) is 10.7. The van der Waals surface area contributed by atoms with Gasteiger partial charge in [0.25, 0.3) is 0 Å². The summed E-state index contributed by atoms with van der Waals surface area (Å²) in [5.41, 5.74) is 1.16. The van der Waals surface area contributed by atoms with Crippen LogP contribution in [0.25, 0.3) is 0 Å². The highest BCUT2D eigenvalue weighted by Crippen LogP contribution is 2.40. The minimum Gasteiger partial charge on any atom is -0.361 e. The SMILES string of the molecule is C[C@@H]1CCCN(c2cc(N3CCCCC3)nc(NC(=S)NCC3(c4ccc(F)cc4)CCCC3)n2)C1. The van der Waals surface area contributed by atoms with Crippen LogP contribution in [-0.4, -0.2) is 47.8 Å². The number of piperidine rings is 2.